The van der Waals surface area contributed by atoms with Gasteiger partial charge in [-0.15, -0.1) is 0 Å². The first kappa shape index (κ1) is 13.4. The maximum absolute atomic E-state index is 11.1. The number of hydrogen-bond acceptors (Lipinski definition) is 4. The van der Waals surface area contributed by atoms with E-state index < -0.39 is 5.97 Å². The van der Waals surface area contributed by atoms with E-state index in [0.29, 0.717) is 24.5 Å². The summed E-state index contributed by atoms with van der Waals surface area (Å²) in [6.07, 6.45) is 1.61. The number of carbonyl (C=O) groups is 1. The normalized spacial score (nSPS) is 12.2. The lowest BCUT2D eigenvalue weighted by molar-refractivity contribution is 0.0695. The lowest BCUT2D eigenvalue weighted by atomic mass is 10.1. The molecule has 0 radical (unpaired) electrons. The number of pyridine rings is 1. The molecule has 1 aromatic rings. The zero-order valence-corrected chi connectivity index (χ0v) is 10.4. The zero-order chi connectivity index (χ0) is 12.8. The highest BCUT2D eigenvalue weighted by atomic mass is 16.5. The van der Waals surface area contributed by atoms with E-state index in [1.807, 2.05) is 13.8 Å². The Labute approximate surface area is 101 Å². The Kier molecular flexibility index (Phi) is 4.90. The van der Waals surface area contributed by atoms with Crippen LogP contribution < -0.4 is 5.32 Å². The molecule has 2 N–H and O–H groups in total. The highest BCUT2D eigenvalue weighted by molar-refractivity contribution is 5.94. The topological polar surface area (TPSA) is 71.5 Å². The number of nitrogens with one attached hydrogen (secondary N) is 1. The van der Waals surface area contributed by atoms with Crippen LogP contribution in [0.15, 0.2) is 12.3 Å². The van der Waals surface area contributed by atoms with Gasteiger partial charge < -0.3 is 15.2 Å². The van der Waals surface area contributed by atoms with Crippen LogP contribution in [-0.2, 0) is 4.74 Å². The monoisotopic (exact) mass is 238 g/mol. The quantitative estimate of drug-likeness (QED) is 0.792. The fraction of sp³-hybridized carbons (Fsp3) is 0.500. The van der Waals surface area contributed by atoms with E-state index in [2.05, 4.69) is 10.3 Å². The summed E-state index contributed by atoms with van der Waals surface area (Å²) in [5.74, 6) is -0.578. The maximum atomic E-state index is 11.1. The molecule has 0 bridgehead atoms. The van der Waals surface area contributed by atoms with Crippen molar-refractivity contribution in [1.82, 2.24) is 4.98 Å². The van der Waals surface area contributed by atoms with Gasteiger partial charge in [0.2, 0.25) is 0 Å². The maximum Gasteiger partial charge on any atom is 0.339 e. The Bertz CT molecular complexity index is 393. The molecule has 0 fully saturated rings. The molecule has 0 spiro atoms. The minimum atomic E-state index is -0.970. The van der Waals surface area contributed by atoms with Crippen molar-refractivity contribution in [2.75, 3.05) is 18.5 Å². The molecule has 0 saturated carbocycles. The van der Waals surface area contributed by atoms with Gasteiger partial charge in [-0.05, 0) is 32.4 Å². The van der Waals surface area contributed by atoms with Crippen LogP contribution in [0.5, 0.6) is 0 Å². The second kappa shape index (κ2) is 6.20. The first-order valence-electron chi connectivity index (χ1n) is 5.60. The number of rotatable bonds is 6. The predicted molar refractivity (Wildman–Crippen MR) is 65.5 cm³/mol. The molecule has 1 unspecified atom stereocenters. The van der Waals surface area contributed by atoms with Crippen LogP contribution in [0.4, 0.5) is 5.82 Å². The van der Waals surface area contributed by atoms with Crippen LogP contribution in [0.25, 0.3) is 0 Å². The Morgan fingerprint density at radius 2 is 2.35 bits per heavy atom. The molecule has 1 aromatic heterocycles. The van der Waals surface area contributed by atoms with Crippen LogP contribution in [0.2, 0.25) is 0 Å². The second-order valence-corrected chi connectivity index (χ2v) is 3.80. The van der Waals surface area contributed by atoms with Crippen molar-refractivity contribution in [3.05, 3.63) is 23.4 Å². The van der Waals surface area contributed by atoms with Crippen molar-refractivity contribution in [3.63, 3.8) is 0 Å². The Balaban J connectivity index is 2.77. The Morgan fingerprint density at radius 3 is 2.94 bits per heavy atom. The van der Waals surface area contributed by atoms with E-state index in [0.717, 1.165) is 0 Å². The third kappa shape index (κ3) is 3.71. The fourth-order valence-electron chi connectivity index (χ4n) is 1.55. The van der Waals surface area contributed by atoms with Gasteiger partial charge in [0.15, 0.2) is 0 Å². The van der Waals surface area contributed by atoms with E-state index in [1.165, 1.54) is 0 Å². The van der Waals surface area contributed by atoms with Crippen molar-refractivity contribution in [1.29, 1.82) is 0 Å². The highest BCUT2D eigenvalue weighted by Gasteiger charge is 2.14. The van der Waals surface area contributed by atoms with Crippen LogP contribution in [0, 0.1) is 6.92 Å². The van der Waals surface area contributed by atoms with Gasteiger partial charge in [0.1, 0.15) is 11.4 Å². The third-order valence-corrected chi connectivity index (χ3v) is 2.38. The van der Waals surface area contributed by atoms with Gasteiger partial charge in [-0.2, -0.15) is 0 Å². The first-order valence-corrected chi connectivity index (χ1v) is 5.60. The number of ether oxygens (including phenoxy) is 1. The largest absolute Gasteiger partial charge is 0.478 e. The summed E-state index contributed by atoms with van der Waals surface area (Å²) in [5.41, 5.74) is 0.912. The van der Waals surface area contributed by atoms with Crippen LogP contribution in [0.1, 0.15) is 29.8 Å². The predicted octanol–water partition coefficient (Wildman–Crippen LogP) is 1.93. The van der Waals surface area contributed by atoms with Crippen LogP contribution >= 0.6 is 0 Å². The summed E-state index contributed by atoms with van der Waals surface area (Å²) in [5, 5.41) is 12.1. The van der Waals surface area contributed by atoms with Crippen LogP contribution in [-0.4, -0.2) is 35.3 Å². The molecule has 5 nitrogen and oxygen atoms in total. The van der Waals surface area contributed by atoms with Gasteiger partial charge in [0.25, 0.3) is 0 Å². The van der Waals surface area contributed by atoms with Crippen molar-refractivity contribution >= 4 is 11.8 Å². The van der Waals surface area contributed by atoms with E-state index in [-0.39, 0.29) is 11.7 Å². The molecule has 5 heteroatoms. The van der Waals surface area contributed by atoms with E-state index in [9.17, 15) is 4.79 Å². The Morgan fingerprint density at radius 1 is 1.65 bits per heavy atom. The van der Waals surface area contributed by atoms with Crippen molar-refractivity contribution in [2.45, 2.75) is 26.9 Å². The minimum Gasteiger partial charge on any atom is -0.478 e. The second-order valence-electron chi connectivity index (χ2n) is 3.80. The summed E-state index contributed by atoms with van der Waals surface area (Å²) < 4.78 is 5.36. The highest BCUT2D eigenvalue weighted by Crippen LogP contribution is 2.16. The van der Waals surface area contributed by atoms with Crippen molar-refractivity contribution in [2.24, 2.45) is 0 Å². The van der Waals surface area contributed by atoms with Gasteiger partial charge in [-0.25, -0.2) is 9.78 Å². The number of hydrogen-bond donors (Lipinski definition) is 2. The molecule has 17 heavy (non-hydrogen) atoms. The summed E-state index contributed by atoms with van der Waals surface area (Å²) in [6, 6.07) is 1.68. The van der Waals surface area contributed by atoms with E-state index in [1.54, 1.807) is 19.2 Å². The molecule has 0 aliphatic heterocycles. The minimum absolute atomic E-state index is 0.0176. The van der Waals surface area contributed by atoms with Crippen LogP contribution in [0.3, 0.4) is 0 Å². The van der Waals surface area contributed by atoms with Gasteiger partial charge in [-0.1, -0.05) is 0 Å². The van der Waals surface area contributed by atoms with Gasteiger partial charge in [0, 0.05) is 19.3 Å². The molecule has 0 aliphatic rings. The molecule has 0 saturated heterocycles. The Hall–Kier alpha value is -1.62. The average molecular weight is 238 g/mol. The number of carboxylic acids is 1. The lowest BCUT2D eigenvalue weighted by Gasteiger charge is -2.14. The molecule has 0 aliphatic carbocycles. The standard InChI is InChI=1S/C12H18N2O3/c1-4-17-9(3)7-14-11-10(12(15)16)8(2)5-6-13-11/h5-6,9H,4,7H2,1-3H3,(H,13,14)(H,15,16). The lowest BCUT2D eigenvalue weighted by Crippen LogP contribution is -2.21. The molecule has 0 amide bonds. The number of aryl methyl sites for hydroxylation is 1. The molecule has 1 rings (SSSR count). The summed E-state index contributed by atoms with van der Waals surface area (Å²) >= 11 is 0. The number of aromatic nitrogens is 1. The SMILES string of the molecule is CCOC(C)CNc1nccc(C)c1C(=O)O. The molecule has 1 atom stereocenters. The summed E-state index contributed by atoms with van der Waals surface area (Å²) in [6.45, 7) is 6.76. The number of anilines is 1. The summed E-state index contributed by atoms with van der Waals surface area (Å²) in [4.78, 5) is 15.1. The third-order valence-electron chi connectivity index (χ3n) is 2.38. The molecule has 0 aromatic carbocycles. The van der Waals surface area contributed by atoms with Gasteiger partial charge in [-0.3, -0.25) is 0 Å². The summed E-state index contributed by atoms with van der Waals surface area (Å²) in [7, 11) is 0. The zero-order valence-electron chi connectivity index (χ0n) is 10.4. The fourth-order valence-corrected chi connectivity index (χ4v) is 1.55. The van der Waals surface area contributed by atoms with E-state index in [4.69, 9.17) is 9.84 Å². The molecular formula is C12H18N2O3. The average Bonchev–Trinajstić information content (AvgIpc) is 2.26. The van der Waals surface area contributed by atoms with Gasteiger partial charge >= 0.3 is 5.97 Å². The first-order chi connectivity index (χ1) is 8.06. The number of carboxylic acid groups (broad SMARTS) is 1. The molecule has 94 valence electrons. The van der Waals surface area contributed by atoms with E-state index >= 15 is 0 Å². The van der Waals surface area contributed by atoms with Gasteiger partial charge in [0.05, 0.1) is 6.10 Å². The number of aromatic carboxylic acids is 1. The molecular weight excluding hydrogens is 220 g/mol. The smallest absolute Gasteiger partial charge is 0.339 e. The van der Waals surface area contributed by atoms with Crippen molar-refractivity contribution < 1.29 is 14.6 Å². The molecule has 1 heterocycles. The number of nitrogens with zero attached hydrogens (tertiary/aromatic N) is 1. The van der Waals surface area contributed by atoms with Crippen molar-refractivity contribution in [3.8, 4) is 0 Å².